The van der Waals surface area contributed by atoms with E-state index >= 15 is 0 Å². The van der Waals surface area contributed by atoms with Crippen LogP contribution < -0.4 is 4.90 Å². The lowest BCUT2D eigenvalue weighted by Crippen LogP contribution is -2.33. The first-order chi connectivity index (χ1) is 13.5. The standard InChI is InChI=1S/C20H22N2O4S2/c1-2-3-4-5-8-11-21-14-10-7-6-9-13(14)16(18(21)25)17-19(26)22(12-15(23)24)20(27)28-17/h6-7,9-10H,2-5,8,11-12H2,1H3,(H,23,24). The van der Waals surface area contributed by atoms with Crippen LogP contribution in [0.5, 0.6) is 0 Å². The van der Waals surface area contributed by atoms with Crippen LogP contribution in [0.15, 0.2) is 29.2 Å². The Bertz CT molecular complexity index is 866. The van der Waals surface area contributed by atoms with Gasteiger partial charge in [-0.3, -0.25) is 19.3 Å². The molecule has 2 heterocycles. The molecule has 0 unspecified atom stereocenters. The van der Waals surface area contributed by atoms with Gasteiger partial charge in [-0.25, -0.2) is 0 Å². The van der Waals surface area contributed by atoms with Gasteiger partial charge in [0.05, 0.1) is 16.2 Å². The van der Waals surface area contributed by atoms with E-state index in [0.717, 1.165) is 48.0 Å². The third kappa shape index (κ3) is 3.98. The number of thiocarbonyl (C=S) groups is 1. The minimum absolute atomic E-state index is 0.165. The van der Waals surface area contributed by atoms with Crippen LogP contribution in [-0.4, -0.2) is 45.2 Å². The highest BCUT2D eigenvalue weighted by Crippen LogP contribution is 2.44. The third-order valence-electron chi connectivity index (χ3n) is 4.78. The normalized spacial score (nSPS) is 19.0. The van der Waals surface area contributed by atoms with Crippen LogP contribution in [0, 0.1) is 0 Å². The Kier molecular flexibility index (Phi) is 6.51. The smallest absolute Gasteiger partial charge is 0.323 e. The number of hydrogen-bond acceptors (Lipinski definition) is 5. The first-order valence-electron chi connectivity index (χ1n) is 9.36. The first kappa shape index (κ1) is 20.5. The molecule has 0 radical (unpaired) electrons. The lowest BCUT2D eigenvalue weighted by atomic mass is 10.1. The summed E-state index contributed by atoms with van der Waals surface area (Å²) in [6.07, 6.45) is 5.43. The second kappa shape index (κ2) is 8.87. The Morgan fingerprint density at radius 1 is 1.07 bits per heavy atom. The molecule has 148 valence electrons. The Labute approximate surface area is 173 Å². The molecule has 8 heteroatoms. The van der Waals surface area contributed by atoms with Crippen molar-refractivity contribution < 1.29 is 19.5 Å². The molecule has 0 aromatic heterocycles. The number of unbranched alkanes of at least 4 members (excludes halogenated alkanes) is 4. The predicted octanol–water partition coefficient (Wildman–Crippen LogP) is 3.66. The summed E-state index contributed by atoms with van der Waals surface area (Å²) in [5.74, 6) is -1.87. The van der Waals surface area contributed by atoms with Gasteiger partial charge >= 0.3 is 5.97 Å². The lowest BCUT2D eigenvalue weighted by Gasteiger charge is -2.17. The molecule has 1 saturated heterocycles. The van der Waals surface area contributed by atoms with Gasteiger partial charge in [0.15, 0.2) is 0 Å². The highest BCUT2D eigenvalue weighted by atomic mass is 32.2. The minimum atomic E-state index is -1.14. The van der Waals surface area contributed by atoms with Gasteiger partial charge < -0.3 is 10.0 Å². The molecule has 1 fully saturated rings. The molecule has 0 bridgehead atoms. The molecular weight excluding hydrogens is 396 g/mol. The number of aliphatic carboxylic acids is 1. The van der Waals surface area contributed by atoms with Crippen LogP contribution in [0.1, 0.15) is 44.6 Å². The zero-order valence-electron chi connectivity index (χ0n) is 15.6. The zero-order chi connectivity index (χ0) is 20.3. The SMILES string of the molecule is CCCCCCCN1C(=O)C(=C2SC(=S)N(CC(=O)O)C2=O)c2ccccc21. The number of nitrogens with zero attached hydrogens (tertiary/aromatic N) is 2. The number of hydrogen-bond donors (Lipinski definition) is 1. The fourth-order valence-corrected chi connectivity index (χ4v) is 4.74. The molecule has 0 aliphatic carbocycles. The van der Waals surface area contributed by atoms with Crippen LogP contribution in [0.25, 0.3) is 5.57 Å². The third-order valence-corrected chi connectivity index (χ3v) is 6.23. The molecule has 6 nitrogen and oxygen atoms in total. The van der Waals surface area contributed by atoms with Crippen molar-refractivity contribution in [1.29, 1.82) is 0 Å². The summed E-state index contributed by atoms with van der Waals surface area (Å²) in [5, 5.41) is 9.02. The van der Waals surface area contributed by atoms with Gasteiger partial charge in [0.2, 0.25) is 0 Å². The number of fused-ring (bicyclic) bond motifs is 1. The second-order valence-electron chi connectivity index (χ2n) is 6.75. The van der Waals surface area contributed by atoms with Gasteiger partial charge in [0.25, 0.3) is 11.8 Å². The highest BCUT2D eigenvalue weighted by molar-refractivity contribution is 8.26. The average molecular weight is 419 g/mol. The van der Waals surface area contributed by atoms with Gasteiger partial charge in [0.1, 0.15) is 10.9 Å². The Morgan fingerprint density at radius 3 is 2.50 bits per heavy atom. The number of carboxylic acid groups (broad SMARTS) is 1. The molecular formula is C20H22N2O4S2. The molecule has 2 aliphatic rings. The molecule has 3 rings (SSSR count). The van der Waals surface area contributed by atoms with E-state index in [2.05, 4.69) is 6.92 Å². The number of carbonyl (C=O) groups is 3. The van der Waals surface area contributed by atoms with E-state index < -0.39 is 18.4 Å². The molecule has 0 spiro atoms. The molecule has 2 amide bonds. The summed E-state index contributed by atoms with van der Waals surface area (Å²) in [7, 11) is 0. The van der Waals surface area contributed by atoms with Gasteiger partial charge in [0, 0.05) is 12.1 Å². The summed E-state index contributed by atoms with van der Waals surface area (Å²) in [6, 6.07) is 7.40. The van der Waals surface area contributed by atoms with E-state index in [9.17, 15) is 14.4 Å². The number of para-hydroxylation sites is 1. The minimum Gasteiger partial charge on any atom is -0.480 e. The molecule has 0 atom stereocenters. The second-order valence-corrected chi connectivity index (χ2v) is 8.39. The monoisotopic (exact) mass is 418 g/mol. The van der Waals surface area contributed by atoms with Gasteiger partial charge in [-0.05, 0) is 12.5 Å². The molecule has 1 N–H and O–H groups in total. The van der Waals surface area contributed by atoms with Crippen molar-refractivity contribution >= 4 is 57.3 Å². The number of amides is 2. The molecule has 0 saturated carbocycles. The topological polar surface area (TPSA) is 77.9 Å². The van der Waals surface area contributed by atoms with E-state index in [1.54, 1.807) is 4.90 Å². The summed E-state index contributed by atoms with van der Waals surface area (Å²) in [6.45, 7) is 2.25. The first-order valence-corrected chi connectivity index (χ1v) is 10.6. The van der Waals surface area contributed by atoms with E-state index in [4.69, 9.17) is 17.3 Å². The van der Waals surface area contributed by atoms with Crippen LogP contribution >= 0.6 is 24.0 Å². The van der Waals surface area contributed by atoms with Crippen LogP contribution in [0.3, 0.4) is 0 Å². The Hall–Kier alpha value is -2.19. The molecule has 2 aliphatic heterocycles. The van der Waals surface area contributed by atoms with Crippen molar-refractivity contribution in [2.75, 3.05) is 18.0 Å². The van der Waals surface area contributed by atoms with Crippen LogP contribution in [0.2, 0.25) is 0 Å². The van der Waals surface area contributed by atoms with Gasteiger partial charge in [-0.2, -0.15) is 0 Å². The largest absolute Gasteiger partial charge is 0.480 e. The van der Waals surface area contributed by atoms with E-state index in [1.807, 2.05) is 24.3 Å². The van der Waals surface area contributed by atoms with Crippen molar-refractivity contribution in [3.05, 3.63) is 34.7 Å². The van der Waals surface area contributed by atoms with E-state index in [-0.39, 0.29) is 15.1 Å². The highest BCUT2D eigenvalue weighted by Gasteiger charge is 2.42. The summed E-state index contributed by atoms with van der Waals surface area (Å²) in [5.41, 5.74) is 1.83. The molecule has 1 aromatic carbocycles. The number of benzene rings is 1. The van der Waals surface area contributed by atoms with Gasteiger partial charge in [-0.15, -0.1) is 0 Å². The number of rotatable bonds is 8. The van der Waals surface area contributed by atoms with Crippen molar-refractivity contribution in [3.63, 3.8) is 0 Å². The zero-order valence-corrected chi connectivity index (χ0v) is 17.3. The van der Waals surface area contributed by atoms with E-state index in [1.165, 1.54) is 6.42 Å². The maximum absolute atomic E-state index is 13.2. The molecule has 1 aromatic rings. The number of carboxylic acids is 1. The average Bonchev–Trinajstić information content (AvgIpc) is 3.09. The summed E-state index contributed by atoms with van der Waals surface area (Å²) >= 11 is 6.17. The summed E-state index contributed by atoms with van der Waals surface area (Å²) < 4.78 is 0.165. The number of carbonyl (C=O) groups excluding carboxylic acids is 2. The number of thioether (sulfide) groups is 1. The van der Waals surface area contributed by atoms with Gasteiger partial charge in [-0.1, -0.05) is 74.8 Å². The fourth-order valence-electron chi connectivity index (χ4n) is 3.42. The van der Waals surface area contributed by atoms with Crippen molar-refractivity contribution in [3.8, 4) is 0 Å². The van der Waals surface area contributed by atoms with Crippen molar-refractivity contribution in [2.45, 2.75) is 39.0 Å². The maximum atomic E-state index is 13.2. The van der Waals surface area contributed by atoms with Crippen molar-refractivity contribution in [2.24, 2.45) is 0 Å². The predicted molar refractivity (Wildman–Crippen MR) is 114 cm³/mol. The Morgan fingerprint density at radius 2 is 1.79 bits per heavy atom. The van der Waals surface area contributed by atoms with Crippen molar-refractivity contribution in [1.82, 2.24) is 4.90 Å². The quantitative estimate of drug-likeness (QED) is 0.394. The molecule has 28 heavy (non-hydrogen) atoms. The maximum Gasteiger partial charge on any atom is 0.323 e. The fraction of sp³-hybridized carbons (Fsp3) is 0.400. The Balaban J connectivity index is 1.89. The summed E-state index contributed by atoms with van der Waals surface area (Å²) in [4.78, 5) is 39.9. The van der Waals surface area contributed by atoms with E-state index in [0.29, 0.717) is 17.7 Å². The lowest BCUT2D eigenvalue weighted by molar-refractivity contribution is -0.140. The van der Waals surface area contributed by atoms with Crippen LogP contribution in [0.4, 0.5) is 5.69 Å². The van der Waals surface area contributed by atoms with Crippen LogP contribution in [-0.2, 0) is 14.4 Å². The number of anilines is 1.